The molecule has 0 saturated carbocycles. The van der Waals surface area contributed by atoms with Crippen molar-refractivity contribution >= 4 is 21.7 Å². The van der Waals surface area contributed by atoms with Gasteiger partial charge < -0.3 is 10.6 Å². The third-order valence-electron chi connectivity index (χ3n) is 4.16. The van der Waals surface area contributed by atoms with Crippen LogP contribution in [-0.2, 0) is 16.4 Å². The molecule has 2 rings (SSSR count). The zero-order valence-electron chi connectivity index (χ0n) is 16.6. The van der Waals surface area contributed by atoms with Crippen molar-refractivity contribution < 1.29 is 13.2 Å². The molecule has 3 N–H and O–H groups in total. The highest BCUT2D eigenvalue weighted by Crippen LogP contribution is 2.15. The molecular formula is C21H29N3O3S. The average Bonchev–Trinajstić information content (AvgIpc) is 2.66. The average molecular weight is 404 g/mol. The molecule has 28 heavy (non-hydrogen) atoms. The van der Waals surface area contributed by atoms with Crippen LogP contribution >= 0.6 is 0 Å². The number of aryl methyl sites for hydroxylation is 1. The summed E-state index contributed by atoms with van der Waals surface area (Å²) in [6.45, 7) is 6.44. The fraction of sp³-hybridized carbons (Fsp3) is 0.381. The highest BCUT2D eigenvalue weighted by atomic mass is 32.2. The predicted molar refractivity (Wildman–Crippen MR) is 113 cm³/mol. The number of amides is 2. The Balaban J connectivity index is 1.89. The van der Waals surface area contributed by atoms with Gasteiger partial charge in [0.05, 0.1) is 4.90 Å². The van der Waals surface area contributed by atoms with E-state index in [1.807, 2.05) is 51.1 Å². The maximum absolute atomic E-state index is 12.6. The second-order valence-corrected chi connectivity index (χ2v) is 9.01. The summed E-state index contributed by atoms with van der Waals surface area (Å²) in [5, 5.41) is 5.44. The highest BCUT2D eigenvalue weighted by Gasteiger charge is 2.17. The van der Waals surface area contributed by atoms with Gasteiger partial charge in [0.25, 0.3) is 0 Å². The summed E-state index contributed by atoms with van der Waals surface area (Å²) >= 11 is 0. The number of hydrogen-bond donors (Lipinski definition) is 3. The van der Waals surface area contributed by atoms with Crippen molar-refractivity contribution in [2.45, 2.75) is 44.6 Å². The second-order valence-electron chi connectivity index (χ2n) is 7.30. The Morgan fingerprint density at radius 3 is 2.21 bits per heavy atom. The Morgan fingerprint density at radius 2 is 1.61 bits per heavy atom. The first-order valence-electron chi connectivity index (χ1n) is 9.47. The molecule has 6 nitrogen and oxygen atoms in total. The number of sulfonamides is 1. The number of carbonyl (C=O) groups is 1. The molecule has 0 unspecified atom stereocenters. The molecule has 7 heteroatoms. The number of hydrogen-bond acceptors (Lipinski definition) is 3. The van der Waals surface area contributed by atoms with Crippen molar-refractivity contribution in [3.8, 4) is 0 Å². The lowest BCUT2D eigenvalue weighted by Crippen LogP contribution is -2.33. The molecular weight excluding hydrogens is 374 g/mol. The van der Waals surface area contributed by atoms with Gasteiger partial charge in [-0.05, 0) is 55.5 Å². The Kier molecular flexibility index (Phi) is 8.02. The van der Waals surface area contributed by atoms with Crippen LogP contribution in [0.4, 0.5) is 10.5 Å². The van der Waals surface area contributed by atoms with Gasteiger partial charge in [0.1, 0.15) is 0 Å². The van der Waals surface area contributed by atoms with Gasteiger partial charge in [-0.25, -0.2) is 17.9 Å². The van der Waals surface area contributed by atoms with E-state index in [-0.39, 0.29) is 17.0 Å². The lowest BCUT2D eigenvalue weighted by atomic mass is 10.1. The molecule has 2 aromatic carbocycles. The molecule has 0 aliphatic heterocycles. The normalized spacial score (nSPS) is 12.6. The van der Waals surface area contributed by atoms with E-state index in [2.05, 4.69) is 15.4 Å². The molecule has 0 fully saturated rings. The smallest absolute Gasteiger partial charge is 0.319 e. The van der Waals surface area contributed by atoms with Crippen LogP contribution in [0.15, 0.2) is 59.5 Å². The van der Waals surface area contributed by atoms with Crippen LogP contribution < -0.4 is 15.4 Å². The maximum Gasteiger partial charge on any atom is 0.319 e. The van der Waals surface area contributed by atoms with E-state index >= 15 is 0 Å². The summed E-state index contributed by atoms with van der Waals surface area (Å²) < 4.78 is 27.8. The van der Waals surface area contributed by atoms with E-state index in [9.17, 15) is 13.2 Å². The number of anilines is 1. The van der Waals surface area contributed by atoms with E-state index in [1.54, 1.807) is 12.1 Å². The van der Waals surface area contributed by atoms with Crippen LogP contribution in [0.25, 0.3) is 0 Å². The Labute approximate surface area is 167 Å². The first-order valence-corrected chi connectivity index (χ1v) is 11.0. The van der Waals surface area contributed by atoms with E-state index in [4.69, 9.17) is 0 Å². The summed E-state index contributed by atoms with van der Waals surface area (Å²) in [6, 6.07) is 15.6. The largest absolute Gasteiger partial charge is 0.338 e. The standard InChI is InChI=1S/C21H29N3O3S/c1-16(2)15-22-21(25)23-19-11-13-20(14-12-19)28(26,27)24-17(3)9-10-18-7-5-4-6-8-18/h4-8,11-14,16-17,24H,9-10,15H2,1-3H3,(H2,22,23,25)/t17-/m0/s1. The summed E-state index contributed by atoms with van der Waals surface area (Å²) in [4.78, 5) is 12.0. The fourth-order valence-electron chi connectivity index (χ4n) is 2.61. The number of carbonyl (C=O) groups excluding carboxylic acids is 1. The van der Waals surface area contributed by atoms with Crippen LogP contribution in [0, 0.1) is 5.92 Å². The summed E-state index contributed by atoms with van der Waals surface area (Å²) in [7, 11) is -3.61. The minimum absolute atomic E-state index is 0.173. The fourth-order valence-corrected chi connectivity index (χ4v) is 3.89. The Bertz CT molecular complexity index is 850. The minimum atomic E-state index is -3.61. The number of rotatable bonds is 9. The Morgan fingerprint density at radius 1 is 0.964 bits per heavy atom. The summed E-state index contributed by atoms with van der Waals surface area (Å²) in [5.41, 5.74) is 1.72. The van der Waals surface area contributed by atoms with E-state index < -0.39 is 10.0 Å². The third kappa shape index (κ3) is 7.32. The van der Waals surface area contributed by atoms with Crippen molar-refractivity contribution in [1.29, 1.82) is 0 Å². The van der Waals surface area contributed by atoms with Gasteiger partial charge in [-0.3, -0.25) is 0 Å². The molecule has 0 radical (unpaired) electrons. The van der Waals surface area contributed by atoms with Gasteiger partial charge in [0, 0.05) is 18.3 Å². The molecule has 152 valence electrons. The molecule has 0 saturated heterocycles. The number of urea groups is 1. The van der Waals surface area contributed by atoms with Crippen LogP contribution in [0.1, 0.15) is 32.8 Å². The van der Waals surface area contributed by atoms with Crippen LogP contribution in [0.5, 0.6) is 0 Å². The van der Waals surface area contributed by atoms with Gasteiger partial charge in [0.15, 0.2) is 0 Å². The van der Waals surface area contributed by atoms with Crippen LogP contribution in [0.3, 0.4) is 0 Å². The summed E-state index contributed by atoms with van der Waals surface area (Å²) in [5.74, 6) is 0.355. The van der Waals surface area contributed by atoms with Gasteiger partial charge in [0.2, 0.25) is 10.0 Å². The first kappa shape index (κ1) is 21.9. The van der Waals surface area contributed by atoms with Gasteiger partial charge >= 0.3 is 6.03 Å². The zero-order chi connectivity index (χ0) is 20.6. The Hall–Kier alpha value is -2.38. The predicted octanol–water partition coefficient (Wildman–Crippen LogP) is 3.76. The van der Waals surface area contributed by atoms with Crippen molar-refractivity contribution in [1.82, 2.24) is 10.0 Å². The molecule has 0 aromatic heterocycles. The molecule has 0 spiro atoms. The number of nitrogens with one attached hydrogen (secondary N) is 3. The number of benzene rings is 2. The highest BCUT2D eigenvalue weighted by molar-refractivity contribution is 7.89. The SMILES string of the molecule is CC(C)CNC(=O)Nc1ccc(S(=O)(=O)N[C@@H](C)CCc2ccccc2)cc1. The maximum atomic E-state index is 12.6. The molecule has 1 atom stereocenters. The minimum Gasteiger partial charge on any atom is -0.338 e. The van der Waals surface area contributed by atoms with E-state index in [0.29, 0.717) is 24.6 Å². The lowest BCUT2D eigenvalue weighted by molar-refractivity contribution is 0.251. The van der Waals surface area contributed by atoms with E-state index in [1.165, 1.54) is 17.7 Å². The third-order valence-corrected chi connectivity index (χ3v) is 5.76. The zero-order valence-corrected chi connectivity index (χ0v) is 17.4. The summed E-state index contributed by atoms with van der Waals surface area (Å²) in [6.07, 6.45) is 1.51. The van der Waals surface area contributed by atoms with Crippen LogP contribution in [-0.4, -0.2) is 27.0 Å². The molecule has 2 amide bonds. The molecule has 2 aromatic rings. The topological polar surface area (TPSA) is 87.3 Å². The molecule has 0 heterocycles. The van der Waals surface area contributed by atoms with Crippen molar-refractivity contribution in [2.24, 2.45) is 5.92 Å². The lowest BCUT2D eigenvalue weighted by Gasteiger charge is -2.15. The van der Waals surface area contributed by atoms with Crippen molar-refractivity contribution in [2.75, 3.05) is 11.9 Å². The monoisotopic (exact) mass is 403 g/mol. The van der Waals surface area contributed by atoms with Crippen molar-refractivity contribution in [3.63, 3.8) is 0 Å². The van der Waals surface area contributed by atoms with E-state index in [0.717, 1.165) is 6.42 Å². The molecule has 0 bridgehead atoms. The van der Waals surface area contributed by atoms with Gasteiger partial charge in [-0.15, -0.1) is 0 Å². The molecule has 0 aliphatic carbocycles. The molecule has 0 aliphatic rings. The quantitative estimate of drug-likeness (QED) is 0.596. The van der Waals surface area contributed by atoms with Crippen LogP contribution in [0.2, 0.25) is 0 Å². The van der Waals surface area contributed by atoms with Gasteiger partial charge in [-0.2, -0.15) is 0 Å². The van der Waals surface area contributed by atoms with Gasteiger partial charge in [-0.1, -0.05) is 44.2 Å². The first-order chi connectivity index (χ1) is 13.3. The second kappa shape index (κ2) is 10.2. The van der Waals surface area contributed by atoms with Crippen molar-refractivity contribution in [3.05, 3.63) is 60.2 Å².